The smallest absolute Gasteiger partial charge is 0.261 e. The Morgan fingerprint density at radius 3 is 2.44 bits per heavy atom. The molecule has 0 aromatic carbocycles. The molecule has 1 N–H and O–H groups in total. The van der Waals surface area contributed by atoms with E-state index in [0.29, 0.717) is 18.5 Å². The number of hydrogen-bond acceptors (Lipinski definition) is 2. The Morgan fingerprint density at radius 1 is 1.25 bits per heavy atom. The Morgan fingerprint density at radius 2 is 1.94 bits per heavy atom. The van der Waals surface area contributed by atoms with Gasteiger partial charge in [-0.15, -0.1) is 0 Å². The second-order valence-electron chi connectivity index (χ2n) is 5.35. The van der Waals surface area contributed by atoms with Crippen molar-refractivity contribution in [3.8, 4) is 0 Å². The molecule has 2 nitrogen and oxygen atoms in total. The van der Waals surface area contributed by atoms with Gasteiger partial charge in [0.1, 0.15) is 0 Å². The molecule has 2 aliphatic rings. The van der Waals surface area contributed by atoms with Crippen LogP contribution in [0.25, 0.3) is 0 Å². The number of nitrogens with zero attached hydrogens (tertiary/aromatic N) is 1. The van der Waals surface area contributed by atoms with Crippen LogP contribution in [0.2, 0.25) is 0 Å². The molecule has 4 heteroatoms. The lowest BCUT2D eigenvalue weighted by Crippen LogP contribution is -2.35. The van der Waals surface area contributed by atoms with Gasteiger partial charge < -0.3 is 5.32 Å². The lowest BCUT2D eigenvalue weighted by atomic mass is 9.86. The molecule has 1 heterocycles. The van der Waals surface area contributed by atoms with Crippen LogP contribution in [0.15, 0.2) is 0 Å². The molecule has 2 fully saturated rings. The van der Waals surface area contributed by atoms with Crippen LogP contribution in [-0.4, -0.2) is 43.5 Å². The van der Waals surface area contributed by atoms with Gasteiger partial charge in [0.05, 0.1) is 6.54 Å². The Kier molecular flexibility index (Phi) is 3.80. The highest BCUT2D eigenvalue weighted by molar-refractivity contribution is 4.85. The molecule has 1 saturated carbocycles. The number of likely N-dealkylation sites (tertiary alicyclic amines) is 1. The number of hydrogen-bond donors (Lipinski definition) is 1. The lowest BCUT2D eigenvalue weighted by Gasteiger charge is -2.30. The van der Waals surface area contributed by atoms with Crippen LogP contribution in [0.3, 0.4) is 0 Å². The maximum Gasteiger partial charge on any atom is 0.261 e. The zero-order chi connectivity index (χ0) is 11.6. The molecule has 0 unspecified atom stereocenters. The predicted octanol–water partition coefficient (Wildman–Crippen LogP) is 2.11. The number of rotatable bonds is 3. The summed E-state index contributed by atoms with van der Waals surface area (Å²) in [6, 6.07) is 0.649. The average molecular weight is 232 g/mol. The van der Waals surface area contributed by atoms with Crippen LogP contribution >= 0.6 is 0 Å². The third-order valence-corrected chi connectivity index (χ3v) is 4.02. The topological polar surface area (TPSA) is 15.3 Å². The lowest BCUT2D eigenvalue weighted by molar-refractivity contribution is 0.0102. The van der Waals surface area contributed by atoms with Crippen molar-refractivity contribution in [1.29, 1.82) is 0 Å². The fourth-order valence-electron chi connectivity index (χ4n) is 2.96. The van der Waals surface area contributed by atoms with Gasteiger partial charge in [0.25, 0.3) is 5.92 Å². The summed E-state index contributed by atoms with van der Waals surface area (Å²) in [5.41, 5.74) is 0. The quantitative estimate of drug-likeness (QED) is 0.801. The van der Waals surface area contributed by atoms with Gasteiger partial charge in [-0.2, -0.15) is 0 Å². The van der Waals surface area contributed by atoms with Gasteiger partial charge in [-0.05, 0) is 38.6 Å². The predicted molar refractivity (Wildman–Crippen MR) is 60.8 cm³/mol. The van der Waals surface area contributed by atoms with E-state index in [2.05, 4.69) is 5.32 Å². The molecule has 0 aromatic rings. The van der Waals surface area contributed by atoms with E-state index < -0.39 is 5.92 Å². The maximum absolute atomic E-state index is 13.0. The van der Waals surface area contributed by atoms with Gasteiger partial charge in [-0.3, -0.25) is 4.90 Å². The van der Waals surface area contributed by atoms with Crippen molar-refractivity contribution < 1.29 is 8.78 Å². The fourth-order valence-corrected chi connectivity index (χ4v) is 2.96. The molecule has 1 aliphatic heterocycles. The van der Waals surface area contributed by atoms with Crippen molar-refractivity contribution in [3.05, 3.63) is 0 Å². The maximum atomic E-state index is 13.0. The molecule has 0 radical (unpaired) electrons. The summed E-state index contributed by atoms with van der Waals surface area (Å²) in [6.07, 6.45) is 4.83. The van der Waals surface area contributed by atoms with Gasteiger partial charge >= 0.3 is 0 Å². The molecule has 1 aliphatic carbocycles. The minimum atomic E-state index is -2.43. The van der Waals surface area contributed by atoms with Crippen LogP contribution < -0.4 is 5.32 Å². The van der Waals surface area contributed by atoms with Crippen LogP contribution in [0, 0.1) is 5.92 Å². The number of alkyl halides is 2. The van der Waals surface area contributed by atoms with E-state index in [4.69, 9.17) is 0 Å². The van der Waals surface area contributed by atoms with E-state index in [0.717, 1.165) is 6.54 Å². The summed E-state index contributed by atoms with van der Waals surface area (Å²) in [5.74, 6) is -1.79. The first-order valence-electron chi connectivity index (χ1n) is 6.36. The number of nitrogens with one attached hydrogen (secondary N) is 1. The van der Waals surface area contributed by atoms with Gasteiger partial charge in [0, 0.05) is 25.6 Å². The second-order valence-corrected chi connectivity index (χ2v) is 5.35. The third-order valence-electron chi connectivity index (χ3n) is 4.02. The highest BCUT2D eigenvalue weighted by Gasteiger charge is 2.38. The molecule has 0 amide bonds. The first-order chi connectivity index (χ1) is 7.59. The normalized spacial score (nSPS) is 35.4. The molecular weight excluding hydrogens is 210 g/mol. The minimum absolute atomic E-state index is 0.0149. The standard InChI is InChI=1S/C12H22F2N2/c1-15-11-4-2-10(3-5-11)8-16-7-6-12(13,14)9-16/h10-11,15H,2-9H2,1H3. The van der Waals surface area contributed by atoms with Crippen molar-refractivity contribution in [3.63, 3.8) is 0 Å². The Balaban J connectivity index is 1.71. The Labute approximate surface area is 96.4 Å². The van der Waals surface area contributed by atoms with E-state index in [9.17, 15) is 8.78 Å². The first kappa shape index (κ1) is 12.2. The van der Waals surface area contributed by atoms with Crippen molar-refractivity contribution >= 4 is 0 Å². The summed E-state index contributed by atoms with van der Waals surface area (Å²) in [4.78, 5) is 1.95. The average Bonchev–Trinajstić information content (AvgIpc) is 2.59. The monoisotopic (exact) mass is 232 g/mol. The van der Waals surface area contributed by atoms with Crippen LogP contribution in [0.4, 0.5) is 8.78 Å². The summed E-state index contributed by atoms with van der Waals surface area (Å²) in [7, 11) is 2.01. The molecule has 16 heavy (non-hydrogen) atoms. The third kappa shape index (κ3) is 3.14. The summed E-state index contributed by atoms with van der Waals surface area (Å²) < 4.78 is 26.0. The summed E-state index contributed by atoms with van der Waals surface area (Å²) in [5, 5.41) is 3.30. The minimum Gasteiger partial charge on any atom is -0.317 e. The highest BCUT2D eigenvalue weighted by Crippen LogP contribution is 2.30. The Bertz CT molecular complexity index is 225. The zero-order valence-corrected chi connectivity index (χ0v) is 10.0. The molecule has 0 atom stereocenters. The van der Waals surface area contributed by atoms with Gasteiger partial charge in [-0.1, -0.05) is 0 Å². The van der Waals surface area contributed by atoms with Gasteiger partial charge in [0.2, 0.25) is 0 Å². The first-order valence-corrected chi connectivity index (χ1v) is 6.36. The largest absolute Gasteiger partial charge is 0.317 e. The van der Waals surface area contributed by atoms with Crippen molar-refractivity contribution in [2.75, 3.05) is 26.7 Å². The second kappa shape index (κ2) is 4.96. The number of halogens is 2. The van der Waals surface area contributed by atoms with E-state index in [1.165, 1.54) is 25.7 Å². The highest BCUT2D eigenvalue weighted by atomic mass is 19.3. The van der Waals surface area contributed by atoms with E-state index in [1.54, 1.807) is 0 Å². The molecule has 2 rings (SSSR count). The molecular formula is C12H22F2N2. The molecule has 94 valence electrons. The Hall–Kier alpha value is -0.220. The zero-order valence-electron chi connectivity index (χ0n) is 10.0. The molecule has 0 bridgehead atoms. The van der Waals surface area contributed by atoms with Gasteiger partial charge in [-0.25, -0.2) is 8.78 Å². The summed E-state index contributed by atoms with van der Waals surface area (Å²) >= 11 is 0. The van der Waals surface area contributed by atoms with Crippen LogP contribution in [0.1, 0.15) is 32.1 Å². The summed E-state index contributed by atoms with van der Waals surface area (Å²) in [6.45, 7) is 1.45. The van der Waals surface area contributed by atoms with E-state index in [-0.39, 0.29) is 13.0 Å². The van der Waals surface area contributed by atoms with Crippen molar-refractivity contribution in [2.24, 2.45) is 5.92 Å². The van der Waals surface area contributed by atoms with Crippen LogP contribution in [-0.2, 0) is 0 Å². The molecule has 0 spiro atoms. The van der Waals surface area contributed by atoms with Crippen molar-refractivity contribution in [2.45, 2.75) is 44.1 Å². The van der Waals surface area contributed by atoms with Crippen molar-refractivity contribution in [1.82, 2.24) is 10.2 Å². The van der Waals surface area contributed by atoms with Gasteiger partial charge in [0.15, 0.2) is 0 Å². The fraction of sp³-hybridized carbons (Fsp3) is 1.00. The molecule has 0 aromatic heterocycles. The van der Waals surface area contributed by atoms with E-state index >= 15 is 0 Å². The molecule has 1 saturated heterocycles. The van der Waals surface area contributed by atoms with E-state index in [1.807, 2.05) is 11.9 Å². The van der Waals surface area contributed by atoms with Crippen LogP contribution in [0.5, 0.6) is 0 Å². The SMILES string of the molecule is CNC1CCC(CN2CCC(F)(F)C2)CC1.